The van der Waals surface area contributed by atoms with Crippen molar-refractivity contribution in [2.45, 2.75) is 39.3 Å². The van der Waals surface area contributed by atoms with Crippen molar-refractivity contribution in [2.24, 2.45) is 0 Å². The molecule has 4 nitrogen and oxygen atoms in total. The van der Waals surface area contributed by atoms with Crippen LogP contribution < -0.4 is 10.6 Å². The normalized spacial score (nSPS) is 13.2. The molecule has 0 saturated carbocycles. The smallest absolute Gasteiger partial charge is 0.315 e. The van der Waals surface area contributed by atoms with Crippen molar-refractivity contribution < 1.29 is 9.90 Å². The standard InChI is InChI=1S/C16H22N2O2/c1-5-6-13(4)18-16(20)17-10-15(19)14-8-11(2)7-12(3)9-14/h1,7-9,13,15,19H,6,10H2,2-4H3,(H2,17,18,20). The van der Waals surface area contributed by atoms with Gasteiger partial charge < -0.3 is 15.7 Å². The third-order valence-electron chi connectivity index (χ3n) is 2.89. The van der Waals surface area contributed by atoms with Gasteiger partial charge in [-0.1, -0.05) is 29.3 Å². The van der Waals surface area contributed by atoms with Crippen LogP contribution in [0.1, 0.15) is 36.1 Å². The molecule has 0 spiro atoms. The third kappa shape index (κ3) is 5.33. The molecule has 4 heteroatoms. The van der Waals surface area contributed by atoms with Crippen molar-refractivity contribution in [3.8, 4) is 12.3 Å². The van der Waals surface area contributed by atoms with Crippen LogP contribution in [0.15, 0.2) is 18.2 Å². The fraction of sp³-hybridized carbons (Fsp3) is 0.438. The highest BCUT2D eigenvalue weighted by molar-refractivity contribution is 5.74. The molecular formula is C16H22N2O2. The van der Waals surface area contributed by atoms with Crippen LogP contribution in [0.3, 0.4) is 0 Å². The second-order valence-electron chi connectivity index (χ2n) is 5.10. The lowest BCUT2D eigenvalue weighted by Gasteiger charge is -2.16. The van der Waals surface area contributed by atoms with Crippen LogP contribution in [0.5, 0.6) is 0 Å². The zero-order valence-corrected chi connectivity index (χ0v) is 12.2. The van der Waals surface area contributed by atoms with Gasteiger partial charge in [-0.3, -0.25) is 0 Å². The second-order valence-corrected chi connectivity index (χ2v) is 5.10. The number of rotatable bonds is 5. The number of benzene rings is 1. The molecule has 0 heterocycles. The quantitative estimate of drug-likeness (QED) is 0.720. The van der Waals surface area contributed by atoms with E-state index in [1.165, 1.54) is 0 Å². The Bertz CT molecular complexity index is 485. The molecule has 0 aliphatic heterocycles. The summed E-state index contributed by atoms with van der Waals surface area (Å²) in [5.41, 5.74) is 2.98. The molecule has 2 amide bonds. The largest absolute Gasteiger partial charge is 0.387 e. The number of carbonyl (C=O) groups excluding carboxylic acids is 1. The Morgan fingerprint density at radius 1 is 1.35 bits per heavy atom. The Labute approximate surface area is 120 Å². The van der Waals surface area contributed by atoms with Crippen LogP contribution >= 0.6 is 0 Å². The molecule has 1 aromatic rings. The Balaban J connectivity index is 2.49. The molecule has 1 aromatic carbocycles. The van der Waals surface area contributed by atoms with Crippen LogP contribution in [0.2, 0.25) is 0 Å². The van der Waals surface area contributed by atoms with Gasteiger partial charge in [0.1, 0.15) is 0 Å². The number of nitrogens with one attached hydrogen (secondary N) is 2. The van der Waals surface area contributed by atoms with E-state index in [0.717, 1.165) is 16.7 Å². The van der Waals surface area contributed by atoms with Gasteiger partial charge in [0.25, 0.3) is 0 Å². The number of hydrogen-bond acceptors (Lipinski definition) is 2. The number of aryl methyl sites for hydroxylation is 2. The number of urea groups is 1. The molecule has 0 aromatic heterocycles. The van der Waals surface area contributed by atoms with Crippen molar-refractivity contribution in [1.82, 2.24) is 10.6 Å². The van der Waals surface area contributed by atoms with E-state index >= 15 is 0 Å². The average molecular weight is 274 g/mol. The minimum absolute atomic E-state index is 0.0849. The molecule has 0 saturated heterocycles. The van der Waals surface area contributed by atoms with Gasteiger partial charge in [-0.05, 0) is 26.3 Å². The van der Waals surface area contributed by atoms with Crippen molar-refractivity contribution in [1.29, 1.82) is 0 Å². The second kappa shape index (κ2) is 7.56. The number of hydrogen-bond donors (Lipinski definition) is 3. The van der Waals surface area contributed by atoms with Crippen molar-refractivity contribution in [3.05, 3.63) is 34.9 Å². The number of carbonyl (C=O) groups is 1. The van der Waals surface area contributed by atoms with Crippen LogP contribution in [-0.2, 0) is 0 Å². The predicted octanol–water partition coefficient (Wildman–Crippen LogP) is 2.05. The monoisotopic (exact) mass is 274 g/mol. The van der Waals surface area contributed by atoms with E-state index in [1.807, 2.05) is 39.0 Å². The number of terminal acetylenes is 1. The van der Waals surface area contributed by atoms with Crippen molar-refractivity contribution >= 4 is 6.03 Å². The van der Waals surface area contributed by atoms with Crippen LogP contribution in [0.25, 0.3) is 0 Å². The lowest BCUT2D eigenvalue weighted by Crippen LogP contribution is -2.42. The van der Waals surface area contributed by atoms with Crippen LogP contribution in [0.4, 0.5) is 4.79 Å². The first-order valence-electron chi connectivity index (χ1n) is 6.66. The highest BCUT2D eigenvalue weighted by Crippen LogP contribution is 2.16. The fourth-order valence-corrected chi connectivity index (χ4v) is 2.01. The Kier molecular flexibility index (Phi) is 6.08. The molecule has 20 heavy (non-hydrogen) atoms. The summed E-state index contributed by atoms with van der Waals surface area (Å²) in [6.45, 7) is 5.95. The summed E-state index contributed by atoms with van der Waals surface area (Å²) < 4.78 is 0. The summed E-state index contributed by atoms with van der Waals surface area (Å²) in [4.78, 5) is 11.6. The first kappa shape index (κ1) is 16.1. The Hall–Kier alpha value is -1.99. The summed E-state index contributed by atoms with van der Waals surface area (Å²) in [5.74, 6) is 2.48. The molecule has 1 rings (SSSR count). The number of amides is 2. The first-order chi connectivity index (χ1) is 9.42. The Morgan fingerprint density at radius 3 is 2.50 bits per heavy atom. The highest BCUT2D eigenvalue weighted by atomic mass is 16.3. The molecule has 0 aliphatic rings. The van der Waals surface area contributed by atoms with Crippen molar-refractivity contribution in [3.63, 3.8) is 0 Å². The fourth-order valence-electron chi connectivity index (χ4n) is 2.01. The highest BCUT2D eigenvalue weighted by Gasteiger charge is 2.11. The molecule has 0 bridgehead atoms. The summed E-state index contributed by atoms with van der Waals surface area (Å²) in [5, 5.41) is 15.4. The average Bonchev–Trinajstić information content (AvgIpc) is 2.35. The Morgan fingerprint density at radius 2 is 1.95 bits per heavy atom. The first-order valence-corrected chi connectivity index (χ1v) is 6.66. The van der Waals surface area contributed by atoms with E-state index in [4.69, 9.17) is 6.42 Å². The molecule has 2 unspecified atom stereocenters. The zero-order valence-electron chi connectivity index (χ0n) is 12.2. The number of aliphatic hydroxyl groups excluding tert-OH is 1. The molecule has 2 atom stereocenters. The topological polar surface area (TPSA) is 61.4 Å². The van der Waals surface area contributed by atoms with Gasteiger partial charge in [-0.25, -0.2) is 4.79 Å². The van der Waals surface area contributed by atoms with Gasteiger partial charge in [0.2, 0.25) is 0 Å². The van der Waals surface area contributed by atoms with E-state index in [2.05, 4.69) is 16.6 Å². The summed E-state index contributed by atoms with van der Waals surface area (Å²) >= 11 is 0. The maximum atomic E-state index is 11.6. The molecular weight excluding hydrogens is 252 g/mol. The van der Waals surface area contributed by atoms with Gasteiger partial charge in [0, 0.05) is 19.0 Å². The minimum Gasteiger partial charge on any atom is -0.387 e. The van der Waals surface area contributed by atoms with Gasteiger partial charge in [0.05, 0.1) is 6.10 Å². The van der Waals surface area contributed by atoms with E-state index in [0.29, 0.717) is 6.42 Å². The lowest BCUT2D eigenvalue weighted by atomic mass is 10.0. The van der Waals surface area contributed by atoms with Gasteiger partial charge >= 0.3 is 6.03 Å². The maximum absolute atomic E-state index is 11.6. The van der Waals surface area contributed by atoms with E-state index < -0.39 is 6.10 Å². The van der Waals surface area contributed by atoms with Gasteiger partial charge in [-0.15, -0.1) is 12.3 Å². The SMILES string of the molecule is C#CCC(C)NC(=O)NCC(O)c1cc(C)cc(C)c1. The third-order valence-corrected chi connectivity index (χ3v) is 2.89. The molecule has 0 fully saturated rings. The molecule has 3 N–H and O–H groups in total. The van der Waals surface area contributed by atoms with E-state index in [9.17, 15) is 9.90 Å². The maximum Gasteiger partial charge on any atom is 0.315 e. The van der Waals surface area contributed by atoms with Gasteiger partial charge in [0.15, 0.2) is 0 Å². The summed E-state index contributed by atoms with van der Waals surface area (Å²) in [7, 11) is 0. The van der Waals surface area contributed by atoms with Crippen LogP contribution in [0, 0.1) is 26.2 Å². The molecule has 108 valence electrons. The predicted molar refractivity (Wildman–Crippen MR) is 80.3 cm³/mol. The minimum atomic E-state index is -0.720. The van der Waals surface area contributed by atoms with Crippen molar-refractivity contribution in [2.75, 3.05) is 6.54 Å². The van der Waals surface area contributed by atoms with Gasteiger partial charge in [-0.2, -0.15) is 0 Å². The van der Waals surface area contributed by atoms with E-state index in [1.54, 1.807) is 0 Å². The zero-order chi connectivity index (χ0) is 15.1. The van der Waals surface area contributed by atoms with E-state index in [-0.39, 0.29) is 18.6 Å². The lowest BCUT2D eigenvalue weighted by molar-refractivity contribution is 0.172. The summed E-state index contributed by atoms with van der Waals surface area (Å²) in [6.07, 6.45) is 4.93. The van der Waals surface area contributed by atoms with Crippen LogP contribution in [-0.4, -0.2) is 23.7 Å². The summed E-state index contributed by atoms with van der Waals surface area (Å²) in [6, 6.07) is 5.46. The molecule has 0 aliphatic carbocycles. The molecule has 0 radical (unpaired) electrons. The number of aliphatic hydroxyl groups is 1.